The average molecular weight is 273 g/mol. The SMILES string of the molecule is C#C[C@@]1(OO)CCCC[C@H]1On1nnc2ccccc21. The molecule has 6 nitrogen and oxygen atoms in total. The first-order valence-electron chi connectivity index (χ1n) is 6.57. The minimum absolute atomic E-state index is 0.462. The van der Waals surface area contributed by atoms with Gasteiger partial charge in [-0.3, -0.25) is 5.26 Å². The Bertz CT molecular complexity index is 648. The van der Waals surface area contributed by atoms with Crippen molar-refractivity contribution in [1.29, 1.82) is 0 Å². The summed E-state index contributed by atoms with van der Waals surface area (Å²) in [4.78, 5) is 11.7. The molecule has 0 bridgehead atoms. The summed E-state index contributed by atoms with van der Waals surface area (Å²) in [5.41, 5.74) is 0.368. The number of hydrogen-bond acceptors (Lipinski definition) is 5. The van der Waals surface area contributed by atoms with Gasteiger partial charge in [0, 0.05) is 0 Å². The average Bonchev–Trinajstić information content (AvgIpc) is 2.91. The maximum absolute atomic E-state index is 9.19. The van der Waals surface area contributed by atoms with Crippen LogP contribution in [0.2, 0.25) is 0 Å². The van der Waals surface area contributed by atoms with E-state index in [4.69, 9.17) is 11.3 Å². The van der Waals surface area contributed by atoms with Gasteiger partial charge in [-0.05, 0) is 43.0 Å². The number of nitrogens with zero attached hydrogens (tertiary/aromatic N) is 3. The van der Waals surface area contributed by atoms with E-state index in [9.17, 15) is 5.26 Å². The molecule has 1 aliphatic rings. The van der Waals surface area contributed by atoms with Crippen LogP contribution >= 0.6 is 0 Å². The van der Waals surface area contributed by atoms with E-state index in [1.54, 1.807) is 0 Å². The highest BCUT2D eigenvalue weighted by molar-refractivity contribution is 5.73. The lowest BCUT2D eigenvalue weighted by Gasteiger charge is -2.36. The van der Waals surface area contributed by atoms with Crippen LogP contribution in [0.5, 0.6) is 0 Å². The van der Waals surface area contributed by atoms with Gasteiger partial charge in [-0.2, -0.15) is 0 Å². The molecular weight excluding hydrogens is 258 g/mol. The molecule has 2 aromatic rings. The molecule has 6 heteroatoms. The first kappa shape index (κ1) is 12.9. The van der Waals surface area contributed by atoms with Crippen LogP contribution in [0.15, 0.2) is 24.3 Å². The fraction of sp³-hybridized carbons (Fsp3) is 0.429. The summed E-state index contributed by atoms with van der Waals surface area (Å²) in [6.07, 6.45) is 8.16. The van der Waals surface area contributed by atoms with Crippen molar-refractivity contribution in [3.63, 3.8) is 0 Å². The predicted molar refractivity (Wildman–Crippen MR) is 71.6 cm³/mol. The fourth-order valence-electron chi connectivity index (χ4n) is 2.59. The van der Waals surface area contributed by atoms with Gasteiger partial charge in [0.15, 0.2) is 6.10 Å². The van der Waals surface area contributed by atoms with E-state index in [2.05, 4.69) is 21.1 Å². The molecule has 0 radical (unpaired) electrons. The highest BCUT2D eigenvalue weighted by atomic mass is 17.1. The molecule has 0 unspecified atom stereocenters. The van der Waals surface area contributed by atoms with Crippen molar-refractivity contribution in [3.8, 4) is 12.3 Å². The standard InChI is InChI=1S/C14H15N3O3/c1-2-14(20-18)10-6-5-9-13(14)19-17-12-8-4-3-7-11(12)15-16-17/h1,3-4,7-8,13,18H,5-6,9-10H2/t13-,14-/m1/s1. The second-order valence-corrected chi connectivity index (χ2v) is 4.92. The van der Waals surface area contributed by atoms with Crippen molar-refractivity contribution in [2.45, 2.75) is 37.4 Å². The quantitative estimate of drug-likeness (QED) is 0.523. The first-order chi connectivity index (χ1) is 9.79. The maximum Gasteiger partial charge on any atom is 0.202 e. The molecule has 0 spiro atoms. The topological polar surface area (TPSA) is 69.4 Å². The van der Waals surface area contributed by atoms with E-state index < -0.39 is 11.7 Å². The molecule has 1 aliphatic carbocycles. The van der Waals surface area contributed by atoms with Crippen LogP contribution in [-0.4, -0.2) is 32.1 Å². The lowest BCUT2D eigenvalue weighted by Crippen LogP contribution is -2.51. The van der Waals surface area contributed by atoms with Crippen molar-refractivity contribution in [3.05, 3.63) is 24.3 Å². The largest absolute Gasteiger partial charge is 0.387 e. The third kappa shape index (κ3) is 2.01. The Morgan fingerprint density at radius 3 is 3.05 bits per heavy atom. The lowest BCUT2D eigenvalue weighted by atomic mass is 9.83. The van der Waals surface area contributed by atoms with Gasteiger partial charge in [0.05, 0.1) is 0 Å². The van der Waals surface area contributed by atoms with Gasteiger partial charge in [-0.25, -0.2) is 4.89 Å². The highest BCUT2D eigenvalue weighted by Crippen LogP contribution is 2.32. The summed E-state index contributed by atoms with van der Waals surface area (Å²) in [5.74, 6) is 2.52. The minimum Gasteiger partial charge on any atom is -0.387 e. The van der Waals surface area contributed by atoms with E-state index in [0.29, 0.717) is 12.8 Å². The number of fused-ring (bicyclic) bond motifs is 1. The summed E-state index contributed by atoms with van der Waals surface area (Å²) < 4.78 is 0. The number of aromatic nitrogens is 3. The molecule has 104 valence electrons. The summed E-state index contributed by atoms with van der Waals surface area (Å²) >= 11 is 0. The molecule has 1 fully saturated rings. The summed E-state index contributed by atoms with van der Waals surface area (Å²) in [6, 6.07) is 7.46. The van der Waals surface area contributed by atoms with Crippen LogP contribution in [0.25, 0.3) is 11.0 Å². The number of benzene rings is 1. The molecule has 3 rings (SSSR count). The summed E-state index contributed by atoms with van der Waals surface area (Å²) in [5, 5.41) is 17.2. The Balaban J connectivity index is 1.91. The summed E-state index contributed by atoms with van der Waals surface area (Å²) in [6.45, 7) is 0. The van der Waals surface area contributed by atoms with Crippen molar-refractivity contribution in [2.75, 3.05) is 0 Å². The van der Waals surface area contributed by atoms with E-state index in [0.717, 1.165) is 23.9 Å². The van der Waals surface area contributed by atoms with Gasteiger partial charge < -0.3 is 4.84 Å². The second-order valence-electron chi connectivity index (χ2n) is 4.92. The second kappa shape index (κ2) is 5.12. The van der Waals surface area contributed by atoms with Crippen molar-refractivity contribution in [1.82, 2.24) is 15.2 Å². The van der Waals surface area contributed by atoms with Crippen LogP contribution in [0.3, 0.4) is 0 Å². The third-order valence-corrected chi connectivity index (χ3v) is 3.74. The number of para-hydroxylation sites is 1. The molecule has 1 heterocycles. The number of terminal acetylenes is 1. The van der Waals surface area contributed by atoms with Crippen molar-refractivity contribution < 1.29 is 15.0 Å². The normalized spacial score (nSPS) is 26.3. The maximum atomic E-state index is 9.19. The Kier molecular flexibility index (Phi) is 3.30. The van der Waals surface area contributed by atoms with Crippen molar-refractivity contribution in [2.24, 2.45) is 0 Å². The molecule has 1 saturated carbocycles. The molecular formula is C14H15N3O3. The van der Waals surface area contributed by atoms with Crippen LogP contribution in [-0.2, 0) is 4.89 Å². The molecule has 0 saturated heterocycles. The molecule has 2 atom stereocenters. The minimum atomic E-state index is -1.12. The first-order valence-corrected chi connectivity index (χ1v) is 6.57. The van der Waals surface area contributed by atoms with Gasteiger partial charge in [0.1, 0.15) is 11.0 Å². The molecule has 0 amide bonds. The molecule has 1 aromatic heterocycles. The lowest BCUT2D eigenvalue weighted by molar-refractivity contribution is -0.335. The van der Waals surface area contributed by atoms with E-state index >= 15 is 0 Å². The van der Waals surface area contributed by atoms with Crippen LogP contribution in [0.4, 0.5) is 0 Å². The van der Waals surface area contributed by atoms with Gasteiger partial charge >= 0.3 is 0 Å². The fourth-order valence-corrected chi connectivity index (χ4v) is 2.59. The zero-order chi connectivity index (χ0) is 14.0. The van der Waals surface area contributed by atoms with Gasteiger partial charge in [-0.15, -0.1) is 11.5 Å². The smallest absolute Gasteiger partial charge is 0.202 e. The number of hydrogen-bond donors (Lipinski definition) is 1. The van der Waals surface area contributed by atoms with Gasteiger partial charge in [0.2, 0.25) is 5.60 Å². The predicted octanol–water partition coefficient (Wildman–Crippen LogP) is 1.66. The Hall–Kier alpha value is -2.10. The van der Waals surface area contributed by atoms with Gasteiger partial charge in [-0.1, -0.05) is 22.9 Å². The zero-order valence-electron chi connectivity index (χ0n) is 10.9. The van der Waals surface area contributed by atoms with E-state index in [-0.39, 0.29) is 0 Å². The molecule has 1 N–H and O–H groups in total. The monoisotopic (exact) mass is 273 g/mol. The van der Waals surface area contributed by atoms with Crippen LogP contribution in [0.1, 0.15) is 25.7 Å². The zero-order valence-corrected chi connectivity index (χ0v) is 10.9. The summed E-state index contributed by atoms with van der Waals surface area (Å²) in [7, 11) is 0. The highest BCUT2D eigenvalue weighted by Gasteiger charge is 2.44. The Morgan fingerprint density at radius 1 is 1.40 bits per heavy atom. The Morgan fingerprint density at radius 2 is 2.25 bits per heavy atom. The van der Waals surface area contributed by atoms with Crippen LogP contribution < -0.4 is 4.84 Å². The van der Waals surface area contributed by atoms with Crippen molar-refractivity contribution >= 4 is 11.0 Å². The van der Waals surface area contributed by atoms with Crippen LogP contribution in [0, 0.1) is 12.3 Å². The Labute approximate surface area is 116 Å². The van der Waals surface area contributed by atoms with E-state index in [1.807, 2.05) is 24.3 Å². The third-order valence-electron chi connectivity index (χ3n) is 3.74. The van der Waals surface area contributed by atoms with Gasteiger partial charge in [0.25, 0.3) is 0 Å². The van der Waals surface area contributed by atoms with E-state index in [1.165, 1.54) is 4.85 Å². The number of rotatable bonds is 3. The molecule has 0 aliphatic heterocycles. The molecule has 20 heavy (non-hydrogen) atoms. The molecule has 1 aromatic carbocycles.